The van der Waals surface area contributed by atoms with Crippen LogP contribution in [0.5, 0.6) is 0 Å². The Bertz CT molecular complexity index is 441. The summed E-state index contributed by atoms with van der Waals surface area (Å²) < 4.78 is 10.3. The smallest absolute Gasteiger partial charge is 0.407 e. The van der Waals surface area contributed by atoms with Crippen LogP contribution < -0.4 is 10.6 Å². The van der Waals surface area contributed by atoms with Crippen molar-refractivity contribution in [3.05, 3.63) is 29.8 Å². The zero-order valence-corrected chi connectivity index (χ0v) is 13.4. The van der Waals surface area contributed by atoms with Gasteiger partial charge >= 0.3 is 6.09 Å². The summed E-state index contributed by atoms with van der Waals surface area (Å²) >= 11 is 0. The molecule has 0 radical (unpaired) electrons. The summed E-state index contributed by atoms with van der Waals surface area (Å²) in [6.45, 7) is 7.52. The fraction of sp³-hybridized carbons (Fsp3) is 0.562. The molecule has 1 aromatic carbocycles. The van der Waals surface area contributed by atoms with Gasteiger partial charge < -0.3 is 20.1 Å². The van der Waals surface area contributed by atoms with E-state index < -0.39 is 5.60 Å². The van der Waals surface area contributed by atoms with Crippen molar-refractivity contribution in [2.24, 2.45) is 0 Å². The zero-order chi connectivity index (χ0) is 15.7. The predicted molar refractivity (Wildman–Crippen MR) is 84.5 cm³/mol. The van der Waals surface area contributed by atoms with Crippen molar-refractivity contribution >= 4 is 11.8 Å². The van der Waals surface area contributed by atoms with Crippen LogP contribution in [0.2, 0.25) is 0 Å². The zero-order valence-electron chi connectivity index (χ0n) is 13.4. The molecule has 0 spiro atoms. The first-order chi connectivity index (χ1) is 9.90. The molecule has 118 valence electrons. The maximum atomic E-state index is 11.4. The van der Waals surface area contributed by atoms with Crippen molar-refractivity contribution in [3.8, 4) is 0 Å². The molecule has 0 aliphatic heterocycles. The normalized spacial score (nSPS) is 11.0. The largest absolute Gasteiger partial charge is 0.444 e. The van der Waals surface area contributed by atoms with Crippen molar-refractivity contribution < 1.29 is 14.3 Å². The van der Waals surface area contributed by atoms with Crippen molar-refractivity contribution in [2.75, 3.05) is 25.5 Å². The minimum absolute atomic E-state index is 0.371. The summed E-state index contributed by atoms with van der Waals surface area (Å²) in [7, 11) is 1.68. The van der Waals surface area contributed by atoms with Crippen LogP contribution in [-0.4, -0.2) is 31.9 Å². The average molecular weight is 294 g/mol. The molecule has 0 saturated carbocycles. The van der Waals surface area contributed by atoms with Crippen LogP contribution in [0.1, 0.15) is 32.8 Å². The molecule has 0 aliphatic carbocycles. The number of benzene rings is 1. The van der Waals surface area contributed by atoms with E-state index in [0.717, 1.165) is 24.2 Å². The third-order valence-electron chi connectivity index (χ3n) is 2.59. The molecule has 1 amide bonds. The number of hydrogen-bond acceptors (Lipinski definition) is 4. The first-order valence-corrected chi connectivity index (χ1v) is 7.19. The maximum absolute atomic E-state index is 11.4. The van der Waals surface area contributed by atoms with Crippen molar-refractivity contribution in [1.29, 1.82) is 0 Å². The van der Waals surface area contributed by atoms with E-state index in [1.165, 1.54) is 0 Å². The predicted octanol–water partition coefficient (Wildman–Crippen LogP) is 3.16. The van der Waals surface area contributed by atoms with Gasteiger partial charge in [-0.15, -0.1) is 0 Å². The molecule has 0 atom stereocenters. The fourth-order valence-corrected chi connectivity index (χ4v) is 1.76. The van der Waals surface area contributed by atoms with E-state index in [2.05, 4.69) is 16.7 Å². The van der Waals surface area contributed by atoms with E-state index in [9.17, 15) is 4.79 Å². The molecule has 1 rings (SSSR count). The molecular formula is C16H26N2O3. The minimum atomic E-state index is -0.454. The van der Waals surface area contributed by atoms with Gasteiger partial charge in [0.15, 0.2) is 0 Å². The number of carbonyl (C=O) groups excluding carboxylic acids is 1. The van der Waals surface area contributed by atoms with Gasteiger partial charge in [-0.05, 0) is 44.9 Å². The summed E-state index contributed by atoms with van der Waals surface area (Å²) in [6.07, 6.45) is 0.456. The Morgan fingerprint density at radius 3 is 2.67 bits per heavy atom. The molecule has 0 aliphatic rings. The summed E-state index contributed by atoms with van der Waals surface area (Å²) in [5.74, 6) is 0. The third kappa shape index (κ3) is 8.19. The van der Waals surface area contributed by atoms with Gasteiger partial charge in [0, 0.05) is 25.9 Å². The second-order valence-corrected chi connectivity index (χ2v) is 5.84. The van der Waals surface area contributed by atoms with Crippen LogP contribution in [-0.2, 0) is 16.1 Å². The first-order valence-electron chi connectivity index (χ1n) is 7.19. The second-order valence-electron chi connectivity index (χ2n) is 5.84. The number of ether oxygens (including phenoxy) is 2. The first kappa shape index (κ1) is 17.3. The Morgan fingerprint density at radius 1 is 1.24 bits per heavy atom. The number of carbonyl (C=O) groups is 1. The van der Waals surface area contributed by atoms with Crippen LogP contribution in [0.25, 0.3) is 0 Å². The Balaban J connectivity index is 2.19. The number of methoxy groups -OCH3 is 1. The van der Waals surface area contributed by atoms with E-state index >= 15 is 0 Å². The Labute approximate surface area is 127 Å². The average Bonchev–Trinajstić information content (AvgIpc) is 2.37. The molecule has 2 N–H and O–H groups in total. The van der Waals surface area contributed by atoms with Gasteiger partial charge in [-0.25, -0.2) is 4.79 Å². The molecule has 0 bridgehead atoms. The summed E-state index contributed by atoms with van der Waals surface area (Å²) in [4.78, 5) is 11.4. The van der Waals surface area contributed by atoms with Crippen LogP contribution in [0.3, 0.4) is 0 Å². The summed E-state index contributed by atoms with van der Waals surface area (Å²) in [5, 5.41) is 6.05. The number of amides is 1. The molecule has 0 heterocycles. The van der Waals surface area contributed by atoms with E-state index in [0.29, 0.717) is 13.2 Å². The van der Waals surface area contributed by atoms with Crippen LogP contribution >= 0.6 is 0 Å². The van der Waals surface area contributed by atoms with Gasteiger partial charge in [0.2, 0.25) is 0 Å². The molecule has 0 saturated heterocycles. The third-order valence-corrected chi connectivity index (χ3v) is 2.59. The molecule has 1 aromatic rings. The topological polar surface area (TPSA) is 59.6 Å². The maximum Gasteiger partial charge on any atom is 0.407 e. The van der Waals surface area contributed by atoms with Gasteiger partial charge in [0.05, 0.1) is 6.61 Å². The number of nitrogens with one attached hydrogen (secondary N) is 2. The lowest BCUT2D eigenvalue weighted by Gasteiger charge is -2.19. The standard InChI is InChI=1S/C16H26N2O3/c1-16(2,3)21-15(19)18-10-6-9-17-14-8-5-7-13(11-14)12-20-4/h5,7-8,11,17H,6,9-10,12H2,1-4H3,(H,18,19). The number of rotatable bonds is 7. The van der Waals surface area contributed by atoms with E-state index in [1.54, 1.807) is 7.11 Å². The van der Waals surface area contributed by atoms with E-state index in [1.807, 2.05) is 39.0 Å². The fourth-order valence-electron chi connectivity index (χ4n) is 1.76. The molecule has 0 aromatic heterocycles. The lowest BCUT2D eigenvalue weighted by molar-refractivity contribution is 0.0528. The summed E-state index contributed by atoms with van der Waals surface area (Å²) in [6, 6.07) is 8.10. The molecule has 0 unspecified atom stereocenters. The Morgan fingerprint density at radius 2 is 2.00 bits per heavy atom. The highest BCUT2D eigenvalue weighted by Crippen LogP contribution is 2.11. The number of anilines is 1. The van der Waals surface area contributed by atoms with Gasteiger partial charge in [-0.2, -0.15) is 0 Å². The van der Waals surface area contributed by atoms with E-state index in [-0.39, 0.29) is 6.09 Å². The lowest BCUT2D eigenvalue weighted by Crippen LogP contribution is -2.33. The van der Waals surface area contributed by atoms with Gasteiger partial charge in [0.1, 0.15) is 5.60 Å². The minimum Gasteiger partial charge on any atom is -0.444 e. The Hall–Kier alpha value is -1.75. The molecule has 0 fully saturated rings. The number of hydrogen-bond donors (Lipinski definition) is 2. The highest BCUT2D eigenvalue weighted by atomic mass is 16.6. The Kier molecular flexibility index (Phi) is 7.02. The van der Waals surface area contributed by atoms with Crippen molar-refractivity contribution in [3.63, 3.8) is 0 Å². The highest BCUT2D eigenvalue weighted by Gasteiger charge is 2.15. The van der Waals surface area contributed by atoms with Crippen LogP contribution in [0, 0.1) is 0 Å². The monoisotopic (exact) mass is 294 g/mol. The quantitative estimate of drug-likeness (QED) is 0.758. The lowest BCUT2D eigenvalue weighted by atomic mass is 10.2. The van der Waals surface area contributed by atoms with Gasteiger partial charge in [-0.3, -0.25) is 0 Å². The van der Waals surface area contributed by atoms with Crippen molar-refractivity contribution in [2.45, 2.75) is 39.4 Å². The molecule has 21 heavy (non-hydrogen) atoms. The van der Waals surface area contributed by atoms with Gasteiger partial charge in [-0.1, -0.05) is 12.1 Å². The van der Waals surface area contributed by atoms with Crippen molar-refractivity contribution in [1.82, 2.24) is 5.32 Å². The second kappa shape index (κ2) is 8.52. The summed E-state index contributed by atoms with van der Waals surface area (Å²) in [5.41, 5.74) is 1.74. The molecular weight excluding hydrogens is 268 g/mol. The van der Waals surface area contributed by atoms with Crippen LogP contribution in [0.4, 0.5) is 10.5 Å². The molecule has 5 heteroatoms. The van der Waals surface area contributed by atoms with E-state index in [4.69, 9.17) is 9.47 Å². The molecule has 5 nitrogen and oxygen atoms in total. The van der Waals surface area contributed by atoms with Crippen LogP contribution in [0.15, 0.2) is 24.3 Å². The van der Waals surface area contributed by atoms with Gasteiger partial charge in [0.25, 0.3) is 0 Å². The SMILES string of the molecule is COCc1cccc(NCCCNC(=O)OC(C)(C)C)c1. The number of alkyl carbamates (subject to hydrolysis) is 1. The highest BCUT2D eigenvalue weighted by molar-refractivity contribution is 5.67.